The van der Waals surface area contributed by atoms with E-state index in [0.717, 1.165) is 12.3 Å². The third-order valence-electron chi connectivity index (χ3n) is 1.27. The molecule has 0 fully saturated rings. The minimum absolute atomic E-state index is 0.0744. The molecule has 0 atom stereocenters. The van der Waals surface area contributed by atoms with Crippen LogP contribution in [0.4, 0.5) is 13.2 Å². The van der Waals surface area contributed by atoms with Crippen molar-refractivity contribution in [1.29, 1.82) is 0 Å². The summed E-state index contributed by atoms with van der Waals surface area (Å²) in [5.41, 5.74) is -0.823. The minimum Gasteiger partial charge on any atom is -0.298 e. The van der Waals surface area contributed by atoms with Crippen LogP contribution in [0.25, 0.3) is 0 Å². The Kier molecular flexibility index (Phi) is 2.89. The Morgan fingerprint density at radius 1 is 1.46 bits per heavy atom. The first-order valence-corrected chi connectivity index (χ1v) is 4.21. The topological polar surface area (TPSA) is 30.0 Å². The van der Waals surface area contributed by atoms with Gasteiger partial charge in [0.05, 0.1) is 0 Å². The lowest BCUT2D eigenvalue weighted by Crippen LogP contribution is -2.10. The second-order valence-corrected chi connectivity index (χ2v) is 3.38. The van der Waals surface area contributed by atoms with Crippen LogP contribution in [0.1, 0.15) is 16.1 Å². The molecule has 0 amide bonds. The van der Waals surface area contributed by atoms with Gasteiger partial charge in [-0.25, -0.2) is 4.98 Å². The van der Waals surface area contributed by atoms with Crippen LogP contribution in [0, 0.1) is 3.57 Å². The van der Waals surface area contributed by atoms with Crippen LogP contribution in [0.5, 0.6) is 0 Å². The molecule has 0 spiro atoms. The zero-order chi connectivity index (χ0) is 10.1. The number of aldehydes is 1. The average molecular weight is 301 g/mol. The molecule has 13 heavy (non-hydrogen) atoms. The van der Waals surface area contributed by atoms with Crippen LogP contribution in [0.2, 0.25) is 0 Å². The van der Waals surface area contributed by atoms with Crippen LogP contribution in [0.15, 0.2) is 12.3 Å². The molecule has 0 unspecified atom stereocenters. The summed E-state index contributed by atoms with van der Waals surface area (Å²) in [4.78, 5) is 13.4. The van der Waals surface area contributed by atoms with Gasteiger partial charge in [-0.1, -0.05) is 0 Å². The fourth-order valence-electron chi connectivity index (χ4n) is 0.726. The number of hydrogen-bond acceptors (Lipinski definition) is 2. The highest BCUT2D eigenvalue weighted by atomic mass is 127. The monoisotopic (exact) mass is 301 g/mol. The van der Waals surface area contributed by atoms with Gasteiger partial charge in [-0.2, -0.15) is 13.2 Å². The molecule has 1 heterocycles. The first-order chi connectivity index (χ1) is 5.95. The van der Waals surface area contributed by atoms with Gasteiger partial charge in [0.15, 0.2) is 12.0 Å². The van der Waals surface area contributed by atoms with Crippen molar-refractivity contribution in [2.45, 2.75) is 6.18 Å². The fraction of sp³-hybridized carbons (Fsp3) is 0.143. The number of alkyl halides is 3. The third-order valence-corrected chi connectivity index (χ3v) is 2.09. The van der Waals surface area contributed by atoms with Gasteiger partial charge in [0.1, 0.15) is 0 Å². The lowest BCUT2D eigenvalue weighted by Gasteiger charge is -2.07. The van der Waals surface area contributed by atoms with E-state index in [1.165, 1.54) is 22.6 Å². The zero-order valence-corrected chi connectivity index (χ0v) is 8.26. The largest absolute Gasteiger partial charge is 0.434 e. The van der Waals surface area contributed by atoms with E-state index in [2.05, 4.69) is 4.98 Å². The molecule has 0 aromatic carbocycles. The molecule has 1 rings (SSSR count). The Morgan fingerprint density at radius 2 is 2.08 bits per heavy atom. The number of carbonyl (C=O) groups excluding carboxylic acids is 1. The standard InChI is InChI=1S/C7H3F3INO/c8-7(9,10)6-5(11)1-4(3-13)2-12-6/h1-3H. The second-order valence-electron chi connectivity index (χ2n) is 2.21. The highest BCUT2D eigenvalue weighted by Gasteiger charge is 2.34. The van der Waals surface area contributed by atoms with Crippen molar-refractivity contribution < 1.29 is 18.0 Å². The van der Waals surface area contributed by atoms with Gasteiger partial charge in [0.2, 0.25) is 0 Å². The molecular formula is C7H3F3INO. The number of carbonyl (C=O) groups is 1. The van der Waals surface area contributed by atoms with Crippen LogP contribution < -0.4 is 0 Å². The Morgan fingerprint density at radius 3 is 2.46 bits per heavy atom. The van der Waals surface area contributed by atoms with Gasteiger partial charge >= 0.3 is 6.18 Å². The Hall–Kier alpha value is -0.660. The maximum atomic E-state index is 12.1. The summed E-state index contributed by atoms with van der Waals surface area (Å²) in [6.45, 7) is 0. The molecule has 1 aromatic rings. The quantitative estimate of drug-likeness (QED) is 0.589. The van der Waals surface area contributed by atoms with Crippen LogP contribution in [0.3, 0.4) is 0 Å². The van der Waals surface area contributed by atoms with Gasteiger partial charge in [-0.05, 0) is 28.7 Å². The summed E-state index contributed by atoms with van der Waals surface area (Å²) in [7, 11) is 0. The van der Waals surface area contributed by atoms with E-state index >= 15 is 0 Å². The third kappa shape index (κ3) is 2.39. The molecule has 0 bridgehead atoms. The normalized spacial score (nSPS) is 11.4. The fourth-order valence-corrected chi connectivity index (χ4v) is 1.53. The molecule has 0 aliphatic carbocycles. The van der Waals surface area contributed by atoms with Crippen molar-refractivity contribution in [3.05, 3.63) is 27.1 Å². The molecule has 0 N–H and O–H groups in total. The van der Waals surface area contributed by atoms with Crippen LogP contribution in [-0.2, 0) is 6.18 Å². The van der Waals surface area contributed by atoms with Crippen molar-refractivity contribution in [2.75, 3.05) is 0 Å². The number of hydrogen-bond donors (Lipinski definition) is 0. The smallest absolute Gasteiger partial charge is 0.298 e. The lowest BCUT2D eigenvalue weighted by atomic mass is 10.2. The summed E-state index contributed by atoms with van der Waals surface area (Å²) in [6, 6.07) is 1.14. The van der Waals surface area contributed by atoms with Gasteiger partial charge in [0.25, 0.3) is 0 Å². The maximum Gasteiger partial charge on any atom is 0.434 e. The number of aromatic nitrogens is 1. The van der Waals surface area contributed by atoms with E-state index < -0.39 is 11.9 Å². The molecule has 70 valence electrons. The first kappa shape index (κ1) is 10.4. The molecule has 0 radical (unpaired) electrons. The SMILES string of the molecule is O=Cc1cnc(C(F)(F)F)c(I)c1. The van der Waals surface area contributed by atoms with E-state index in [4.69, 9.17) is 0 Å². The highest BCUT2D eigenvalue weighted by molar-refractivity contribution is 14.1. The Bertz CT molecular complexity index is 337. The van der Waals surface area contributed by atoms with Crippen molar-refractivity contribution in [2.24, 2.45) is 0 Å². The van der Waals surface area contributed by atoms with Gasteiger partial charge in [0, 0.05) is 15.3 Å². The predicted octanol–water partition coefficient (Wildman–Crippen LogP) is 2.52. The van der Waals surface area contributed by atoms with E-state index in [1.807, 2.05) is 0 Å². The van der Waals surface area contributed by atoms with Crippen molar-refractivity contribution >= 4 is 28.9 Å². The number of halogens is 4. The summed E-state index contributed by atoms with van der Waals surface area (Å²) >= 11 is 1.49. The first-order valence-electron chi connectivity index (χ1n) is 3.13. The molecule has 0 aliphatic rings. The molecule has 0 saturated carbocycles. The minimum atomic E-state index is -4.46. The number of pyridine rings is 1. The Labute approximate surface area is 85.3 Å². The van der Waals surface area contributed by atoms with Crippen LogP contribution >= 0.6 is 22.6 Å². The molecular weight excluding hydrogens is 298 g/mol. The highest BCUT2D eigenvalue weighted by Crippen LogP contribution is 2.30. The lowest BCUT2D eigenvalue weighted by molar-refractivity contribution is -0.141. The zero-order valence-electron chi connectivity index (χ0n) is 6.10. The van der Waals surface area contributed by atoms with E-state index in [0.29, 0.717) is 6.29 Å². The van der Waals surface area contributed by atoms with Gasteiger partial charge in [-0.3, -0.25) is 4.79 Å². The van der Waals surface area contributed by atoms with E-state index in [-0.39, 0.29) is 9.13 Å². The van der Waals surface area contributed by atoms with E-state index in [1.54, 1.807) is 0 Å². The molecule has 6 heteroatoms. The molecule has 0 aliphatic heterocycles. The van der Waals surface area contributed by atoms with Gasteiger partial charge in [-0.15, -0.1) is 0 Å². The van der Waals surface area contributed by atoms with Crippen molar-refractivity contribution in [1.82, 2.24) is 4.98 Å². The Balaban J connectivity index is 3.20. The summed E-state index contributed by atoms with van der Waals surface area (Å²) in [5, 5.41) is 0. The molecule has 0 saturated heterocycles. The summed E-state index contributed by atoms with van der Waals surface area (Å²) < 4.78 is 36.3. The predicted molar refractivity (Wildman–Crippen MR) is 47.3 cm³/mol. The molecule has 1 aromatic heterocycles. The summed E-state index contributed by atoms with van der Waals surface area (Å²) in [6.07, 6.45) is -3.11. The van der Waals surface area contributed by atoms with E-state index in [9.17, 15) is 18.0 Å². The number of rotatable bonds is 1. The molecule has 2 nitrogen and oxygen atoms in total. The number of nitrogens with zero attached hydrogens (tertiary/aromatic N) is 1. The van der Waals surface area contributed by atoms with Crippen molar-refractivity contribution in [3.63, 3.8) is 0 Å². The average Bonchev–Trinajstić information content (AvgIpc) is 2.01. The summed E-state index contributed by atoms with van der Waals surface area (Å²) in [5.74, 6) is 0. The van der Waals surface area contributed by atoms with Gasteiger partial charge < -0.3 is 0 Å². The maximum absolute atomic E-state index is 12.1. The van der Waals surface area contributed by atoms with Crippen LogP contribution in [-0.4, -0.2) is 11.3 Å². The second kappa shape index (κ2) is 3.60. The van der Waals surface area contributed by atoms with Crippen molar-refractivity contribution in [3.8, 4) is 0 Å².